The van der Waals surface area contributed by atoms with E-state index in [1.54, 1.807) is 0 Å². The molecule has 1 fully saturated rings. The minimum Gasteiger partial charge on any atom is -0.317 e. The van der Waals surface area contributed by atoms with Gasteiger partial charge in [0, 0.05) is 6.26 Å². The highest BCUT2D eigenvalue weighted by Crippen LogP contribution is 2.15. The molecule has 0 aromatic rings. The highest BCUT2D eigenvalue weighted by Gasteiger charge is 2.16. The maximum absolute atomic E-state index is 11.0. The van der Waals surface area contributed by atoms with Gasteiger partial charge in [-0.15, -0.1) is 12.4 Å². The first kappa shape index (κ1) is 13.2. The minimum atomic E-state index is -2.77. The fraction of sp³-hybridized carbons (Fsp3) is 1.00. The van der Waals surface area contributed by atoms with Crippen molar-refractivity contribution in [3.8, 4) is 0 Å². The molecular weight excluding hydrogens is 210 g/mol. The van der Waals surface area contributed by atoms with Crippen LogP contribution in [0, 0.1) is 5.92 Å². The number of nitrogens with one attached hydrogen (secondary N) is 1. The van der Waals surface area contributed by atoms with E-state index in [2.05, 4.69) is 5.32 Å². The van der Waals surface area contributed by atoms with Gasteiger partial charge in [-0.1, -0.05) is 0 Å². The molecule has 3 nitrogen and oxygen atoms in total. The first-order valence-electron chi connectivity index (χ1n) is 4.46. The zero-order valence-corrected chi connectivity index (χ0v) is 9.59. The van der Waals surface area contributed by atoms with E-state index in [9.17, 15) is 8.42 Å². The van der Waals surface area contributed by atoms with Crippen molar-refractivity contribution in [2.75, 3.05) is 25.1 Å². The third-order valence-electron chi connectivity index (χ3n) is 2.23. The monoisotopic (exact) mass is 227 g/mol. The van der Waals surface area contributed by atoms with Crippen molar-refractivity contribution in [3.63, 3.8) is 0 Å². The second kappa shape index (κ2) is 5.83. The number of hydrogen-bond acceptors (Lipinski definition) is 3. The average molecular weight is 228 g/mol. The Hall–Kier alpha value is 0.200. The van der Waals surface area contributed by atoms with E-state index in [1.807, 2.05) is 0 Å². The zero-order chi connectivity index (χ0) is 9.03. The summed E-state index contributed by atoms with van der Waals surface area (Å²) in [6, 6.07) is 0. The van der Waals surface area contributed by atoms with E-state index in [-0.39, 0.29) is 12.4 Å². The molecule has 0 aromatic carbocycles. The Labute approximate surface area is 86.6 Å². The van der Waals surface area contributed by atoms with Crippen molar-refractivity contribution in [1.82, 2.24) is 5.32 Å². The van der Waals surface area contributed by atoms with E-state index < -0.39 is 9.84 Å². The van der Waals surface area contributed by atoms with E-state index >= 15 is 0 Å². The fourth-order valence-electron chi connectivity index (χ4n) is 1.69. The molecule has 0 amide bonds. The summed E-state index contributed by atoms with van der Waals surface area (Å²) in [5.74, 6) is 0.754. The molecule has 0 radical (unpaired) electrons. The van der Waals surface area contributed by atoms with Crippen molar-refractivity contribution >= 4 is 22.2 Å². The van der Waals surface area contributed by atoms with Gasteiger partial charge in [-0.25, -0.2) is 8.42 Å². The molecule has 0 aliphatic carbocycles. The quantitative estimate of drug-likeness (QED) is 0.761. The van der Waals surface area contributed by atoms with Gasteiger partial charge in [0.05, 0.1) is 5.75 Å². The lowest BCUT2D eigenvalue weighted by Crippen LogP contribution is -2.17. The standard InChI is InChI=1S/C8H17NO2S.ClH/c1-12(10,11)7-8-3-2-5-9-6-4-8;/h8-9H,2-7H2,1H3;1H. The minimum absolute atomic E-state index is 0. The molecular formula is C8H18ClNO2S. The van der Waals surface area contributed by atoms with Crippen LogP contribution in [0.3, 0.4) is 0 Å². The van der Waals surface area contributed by atoms with Gasteiger partial charge >= 0.3 is 0 Å². The Bertz CT molecular complexity index is 220. The summed E-state index contributed by atoms with van der Waals surface area (Å²) < 4.78 is 22.0. The van der Waals surface area contributed by atoms with Crippen molar-refractivity contribution in [2.24, 2.45) is 5.92 Å². The second-order valence-electron chi connectivity index (χ2n) is 3.64. The number of sulfone groups is 1. The average Bonchev–Trinajstić information content (AvgIpc) is 2.12. The maximum atomic E-state index is 11.0. The van der Waals surface area contributed by atoms with Crippen molar-refractivity contribution in [1.29, 1.82) is 0 Å². The van der Waals surface area contributed by atoms with Gasteiger partial charge in [-0.05, 0) is 38.3 Å². The molecule has 1 atom stereocenters. The molecule has 1 aliphatic heterocycles. The second-order valence-corrected chi connectivity index (χ2v) is 5.82. The lowest BCUT2D eigenvalue weighted by molar-refractivity contribution is 0.507. The SMILES string of the molecule is CS(=O)(=O)CC1CCCNCC1.Cl. The van der Waals surface area contributed by atoms with Gasteiger partial charge in [-0.2, -0.15) is 0 Å². The maximum Gasteiger partial charge on any atom is 0.147 e. The Kier molecular flexibility index (Phi) is 5.92. The molecule has 1 rings (SSSR count). The van der Waals surface area contributed by atoms with Crippen LogP contribution in [0.2, 0.25) is 0 Å². The molecule has 13 heavy (non-hydrogen) atoms. The van der Waals surface area contributed by atoms with E-state index in [4.69, 9.17) is 0 Å². The van der Waals surface area contributed by atoms with Crippen LogP contribution in [0.1, 0.15) is 19.3 Å². The first-order valence-corrected chi connectivity index (χ1v) is 6.52. The van der Waals surface area contributed by atoms with E-state index in [0.29, 0.717) is 11.7 Å². The molecule has 1 saturated heterocycles. The molecule has 1 aliphatic rings. The Morgan fingerprint density at radius 2 is 2.00 bits per heavy atom. The van der Waals surface area contributed by atoms with Gasteiger partial charge in [0.15, 0.2) is 0 Å². The normalized spacial score (nSPS) is 24.5. The molecule has 1 heterocycles. The van der Waals surface area contributed by atoms with Crippen LogP contribution in [0.15, 0.2) is 0 Å². The van der Waals surface area contributed by atoms with Crippen molar-refractivity contribution in [2.45, 2.75) is 19.3 Å². The Balaban J connectivity index is 0.00000144. The van der Waals surface area contributed by atoms with Crippen molar-refractivity contribution < 1.29 is 8.42 Å². The summed E-state index contributed by atoms with van der Waals surface area (Å²) in [7, 11) is -2.77. The molecule has 0 bridgehead atoms. The van der Waals surface area contributed by atoms with Crippen LogP contribution in [0.4, 0.5) is 0 Å². The largest absolute Gasteiger partial charge is 0.317 e. The van der Waals surface area contributed by atoms with Crippen LogP contribution in [0.25, 0.3) is 0 Å². The van der Waals surface area contributed by atoms with Crippen LogP contribution < -0.4 is 5.32 Å². The summed E-state index contributed by atoms with van der Waals surface area (Å²) >= 11 is 0. The molecule has 1 N–H and O–H groups in total. The Morgan fingerprint density at radius 3 is 2.62 bits per heavy atom. The highest BCUT2D eigenvalue weighted by molar-refractivity contribution is 7.90. The summed E-state index contributed by atoms with van der Waals surface area (Å²) in [5.41, 5.74) is 0. The van der Waals surface area contributed by atoms with Gasteiger partial charge in [0.1, 0.15) is 9.84 Å². The molecule has 0 aromatic heterocycles. The predicted octanol–water partition coefficient (Wildman–Crippen LogP) is 0.843. The molecule has 80 valence electrons. The highest BCUT2D eigenvalue weighted by atomic mass is 35.5. The predicted molar refractivity (Wildman–Crippen MR) is 57.2 cm³/mol. The first-order chi connectivity index (χ1) is 5.58. The molecule has 5 heteroatoms. The molecule has 0 spiro atoms. The van der Waals surface area contributed by atoms with Crippen LogP contribution in [-0.4, -0.2) is 33.5 Å². The zero-order valence-electron chi connectivity index (χ0n) is 7.95. The van der Waals surface area contributed by atoms with Gasteiger partial charge in [0.2, 0.25) is 0 Å². The topological polar surface area (TPSA) is 46.2 Å². The van der Waals surface area contributed by atoms with Crippen LogP contribution in [-0.2, 0) is 9.84 Å². The summed E-state index contributed by atoms with van der Waals surface area (Å²) in [4.78, 5) is 0. The van der Waals surface area contributed by atoms with Crippen LogP contribution in [0.5, 0.6) is 0 Å². The molecule has 1 unspecified atom stereocenters. The lowest BCUT2D eigenvalue weighted by atomic mass is 10.0. The third kappa shape index (κ3) is 6.29. The number of hydrogen-bond donors (Lipinski definition) is 1. The summed E-state index contributed by atoms with van der Waals surface area (Å²) in [6.07, 6.45) is 4.50. The van der Waals surface area contributed by atoms with Gasteiger partial charge < -0.3 is 5.32 Å². The smallest absolute Gasteiger partial charge is 0.147 e. The van der Waals surface area contributed by atoms with Crippen LogP contribution >= 0.6 is 12.4 Å². The fourth-order valence-corrected chi connectivity index (χ4v) is 2.88. The van der Waals surface area contributed by atoms with Crippen molar-refractivity contribution in [3.05, 3.63) is 0 Å². The number of halogens is 1. The summed E-state index contributed by atoms with van der Waals surface area (Å²) in [6.45, 7) is 2.01. The Morgan fingerprint density at radius 1 is 1.31 bits per heavy atom. The lowest BCUT2D eigenvalue weighted by Gasteiger charge is -2.10. The van der Waals surface area contributed by atoms with Gasteiger partial charge in [-0.3, -0.25) is 0 Å². The van der Waals surface area contributed by atoms with E-state index in [0.717, 1.165) is 32.4 Å². The van der Waals surface area contributed by atoms with E-state index in [1.165, 1.54) is 6.26 Å². The third-order valence-corrected chi connectivity index (χ3v) is 3.31. The molecule has 0 saturated carbocycles. The summed E-state index contributed by atoms with van der Waals surface area (Å²) in [5, 5.41) is 3.27. The van der Waals surface area contributed by atoms with Gasteiger partial charge in [0.25, 0.3) is 0 Å². The number of rotatable bonds is 2.